The van der Waals surface area contributed by atoms with Crippen LogP contribution in [-0.2, 0) is 6.54 Å². The molecule has 3 nitrogen and oxygen atoms in total. The van der Waals surface area contributed by atoms with E-state index in [-0.39, 0.29) is 0 Å². The Morgan fingerprint density at radius 2 is 2.27 bits per heavy atom. The molecule has 2 rings (SSSR count). The molecule has 1 aromatic heterocycles. The zero-order valence-electron chi connectivity index (χ0n) is 8.20. The van der Waals surface area contributed by atoms with Crippen molar-refractivity contribution in [2.75, 3.05) is 5.32 Å². The fourth-order valence-electron chi connectivity index (χ4n) is 1.37. The van der Waals surface area contributed by atoms with E-state index >= 15 is 0 Å². The summed E-state index contributed by atoms with van der Waals surface area (Å²) >= 11 is 0. The summed E-state index contributed by atoms with van der Waals surface area (Å²) in [5.41, 5.74) is 2.83. The molecular formula is C12H11N3. The van der Waals surface area contributed by atoms with E-state index in [4.69, 9.17) is 5.26 Å². The van der Waals surface area contributed by atoms with Gasteiger partial charge in [0, 0.05) is 24.6 Å². The van der Waals surface area contributed by atoms with E-state index in [1.807, 2.05) is 36.7 Å². The van der Waals surface area contributed by atoms with Crippen molar-refractivity contribution in [3.63, 3.8) is 0 Å². The first kappa shape index (κ1) is 9.35. The molecule has 1 aromatic carbocycles. The van der Waals surface area contributed by atoms with E-state index < -0.39 is 0 Å². The van der Waals surface area contributed by atoms with E-state index in [9.17, 15) is 0 Å². The standard InChI is InChI=1S/C12H11N3/c13-7-10-2-1-3-12(6-10)15-9-11-4-5-14-8-11/h1-6,8,14-15H,9H2. The molecule has 0 aliphatic carbocycles. The Hall–Kier alpha value is -2.21. The SMILES string of the molecule is N#Cc1cccc(NCc2cc[nH]c2)c1. The van der Waals surface area contributed by atoms with Crippen LogP contribution in [0.1, 0.15) is 11.1 Å². The number of nitrogens with one attached hydrogen (secondary N) is 2. The molecule has 0 aliphatic rings. The van der Waals surface area contributed by atoms with Gasteiger partial charge >= 0.3 is 0 Å². The molecule has 0 fully saturated rings. The van der Waals surface area contributed by atoms with E-state index in [0.717, 1.165) is 12.2 Å². The minimum atomic E-state index is 0.675. The third-order valence-electron chi connectivity index (χ3n) is 2.15. The molecule has 0 bridgehead atoms. The van der Waals surface area contributed by atoms with Crippen LogP contribution < -0.4 is 5.32 Å². The lowest BCUT2D eigenvalue weighted by Gasteiger charge is -2.04. The van der Waals surface area contributed by atoms with E-state index in [1.165, 1.54) is 5.56 Å². The second-order valence-electron chi connectivity index (χ2n) is 3.27. The topological polar surface area (TPSA) is 51.6 Å². The average Bonchev–Trinajstić information content (AvgIpc) is 2.79. The molecule has 3 heteroatoms. The molecule has 2 N–H and O–H groups in total. The van der Waals surface area contributed by atoms with Crippen molar-refractivity contribution >= 4 is 5.69 Å². The van der Waals surface area contributed by atoms with Gasteiger partial charge in [0.25, 0.3) is 0 Å². The number of hydrogen-bond acceptors (Lipinski definition) is 2. The lowest BCUT2D eigenvalue weighted by atomic mass is 10.2. The smallest absolute Gasteiger partial charge is 0.0992 e. The average molecular weight is 197 g/mol. The minimum Gasteiger partial charge on any atom is -0.381 e. The zero-order chi connectivity index (χ0) is 10.5. The molecule has 74 valence electrons. The number of hydrogen-bond donors (Lipinski definition) is 2. The number of benzene rings is 1. The summed E-state index contributed by atoms with van der Waals surface area (Å²) in [4.78, 5) is 3.00. The number of H-pyrrole nitrogens is 1. The van der Waals surface area contributed by atoms with Crippen LogP contribution in [0.4, 0.5) is 5.69 Å². The number of nitrogens with zero attached hydrogens (tertiary/aromatic N) is 1. The Morgan fingerprint density at radius 3 is 3.00 bits per heavy atom. The molecule has 0 atom stereocenters. The quantitative estimate of drug-likeness (QED) is 0.794. The molecule has 0 unspecified atom stereocenters. The third-order valence-corrected chi connectivity index (χ3v) is 2.15. The molecule has 15 heavy (non-hydrogen) atoms. The molecule has 0 aliphatic heterocycles. The zero-order valence-corrected chi connectivity index (χ0v) is 8.20. The van der Waals surface area contributed by atoms with Crippen molar-refractivity contribution in [2.24, 2.45) is 0 Å². The largest absolute Gasteiger partial charge is 0.381 e. The van der Waals surface area contributed by atoms with Crippen LogP contribution in [0.5, 0.6) is 0 Å². The molecule has 0 amide bonds. The van der Waals surface area contributed by atoms with Crippen molar-refractivity contribution in [1.29, 1.82) is 5.26 Å². The van der Waals surface area contributed by atoms with Crippen molar-refractivity contribution in [3.8, 4) is 6.07 Å². The maximum absolute atomic E-state index is 8.73. The van der Waals surface area contributed by atoms with Gasteiger partial charge in [0.2, 0.25) is 0 Å². The van der Waals surface area contributed by atoms with Gasteiger partial charge in [0.15, 0.2) is 0 Å². The van der Waals surface area contributed by atoms with Gasteiger partial charge in [-0.25, -0.2) is 0 Å². The summed E-state index contributed by atoms with van der Waals surface area (Å²) in [5, 5.41) is 12.0. The van der Waals surface area contributed by atoms with Gasteiger partial charge in [-0.15, -0.1) is 0 Å². The predicted octanol–water partition coefficient (Wildman–Crippen LogP) is 2.50. The van der Waals surface area contributed by atoms with Gasteiger partial charge in [-0.1, -0.05) is 6.07 Å². The first-order chi connectivity index (χ1) is 7.38. The summed E-state index contributed by atoms with van der Waals surface area (Å²) in [6, 6.07) is 11.6. The van der Waals surface area contributed by atoms with E-state index in [1.54, 1.807) is 6.07 Å². The summed E-state index contributed by atoms with van der Waals surface area (Å²) in [6.07, 6.45) is 3.84. The highest BCUT2D eigenvalue weighted by atomic mass is 14.9. The van der Waals surface area contributed by atoms with E-state index in [2.05, 4.69) is 16.4 Å². The maximum atomic E-state index is 8.73. The highest BCUT2D eigenvalue weighted by molar-refractivity contribution is 5.49. The van der Waals surface area contributed by atoms with Gasteiger partial charge in [-0.3, -0.25) is 0 Å². The summed E-state index contributed by atoms with van der Waals surface area (Å²) in [5.74, 6) is 0. The number of nitriles is 1. The summed E-state index contributed by atoms with van der Waals surface area (Å²) in [6.45, 7) is 0.762. The molecule has 0 radical (unpaired) electrons. The molecule has 2 aromatic rings. The van der Waals surface area contributed by atoms with Crippen molar-refractivity contribution < 1.29 is 0 Å². The van der Waals surface area contributed by atoms with Crippen LogP contribution in [0.25, 0.3) is 0 Å². The van der Waals surface area contributed by atoms with Crippen molar-refractivity contribution in [1.82, 2.24) is 4.98 Å². The van der Waals surface area contributed by atoms with E-state index in [0.29, 0.717) is 5.56 Å². The Kier molecular flexibility index (Phi) is 2.70. The molecule has 0 saturated carbocycles. The Labute approximate surface area is 88.4 Å². The van der Waals surface area contributed by atoms with Gasteiger partial charge < -0.3 is 10.3 Å². The second-order valence-corrected chi connectivity index (χ2v) is 3.27. The predicted molar refractivity (Wildman–Crippen MR) is 59.3 cm³/mol. The third kappa shape index (κ3) is 2.38. The van der Waals surface area contributed by atoms with Crippen LogP contribution >= 0.6 is 0 Å². The minimum absolute atomic E-state index is 0.675. The van der Waals surface area contributed by atoms with Crippen molar-refractivity contribution in [3.05, 3.63) is 53.9 Å². The highest BCUT2D eigenvalue weighted by Gasteiger charge is 1.95. The molecule has 0 spiro atoms. The molecular weight excluding hydrogens is 186 g/mol. The number of anilines is 1. The lowest BCUT2D eigenvalue weighted by Crippen LogP contribution is -1.97. The molecule has 0 saturated heterocycles. The number of aromatic nitrogens is 1. The fourth-order valence-corrected chi connectivity index (χ4v) is 1.37. The molecule has 1 heterocycles. The van der Waals surface area contributed by atoms with Crippen molar-refractivity contribution in [2.45, 2.75) is 6.54 Å². The van der Waals surface area contributed by atoms with Crippen LogP contribution in [0, 0.1) is 11.3 Å². The van der Waals surface area contributed by atoms with Gasteiger partial charge in [0.05, 0.1) is 11.6 Å². The second kappa shape index (κ2) is 4.34. The fraction of sp³-hybridized carbons (Fsp3) is 0.0833. The number of rotatable bonds is 3. The monoisotopic (exact) mass is 197 g/mol. The van der Waals surface area contributed by atoms with Crippen LogP contribution in [0.2, 0.25) is 0 Å². The van der Waals surface area contributed by atoms with Crippen LogP contribution in [0.3, 0.4) is 0 Å². The summed E-state index contributed by atoms with van der Waals surface area (Å²) in [7, 11) is 0. The normalized spacial score (nSPS) is 9.53. The Morgan fingerprint density at radius 1 is 1.33 bits per heavy atom. The lowest BCUT2D eigenvalue weighted by molar-refractivity contribution is 1.15. The number of aromatic amines is 1. The Balaban J connectivity index is 2.02. The first-order valence-electron chi connectivity index (χ1n) is 4.74. The Bertz CT molecular complexity index is 466. The van der Waals surface area contributed by atoms with Gasteiger partial charge in [-0.2, -0.15) is 5.26 Å². The van der Waals surface area contributed by atoms with Crippen LogP contribution in [-0.4, -0.2) is 4.98 Å². The first-order valence-corrected chi connectivity index (χ1v) is 4.74. The van der Waals surface area contributed by atoms with Gasteiger partial charge in [0.1, 0.15) is 0 Å². The van der Waals surface area contributed by atoms with Gasteiger partial charge in [-0.05, 0) is 29.8 Å². The highest BCUT2D eigenvalue weighted by Crippen LogP contribution is 2.11. The summed E-state index contributed by atoms with van der Waals surface area (Å²) < 4.78 is 0. The van der Waals surface area contributed by atoms with Crippen LogP contribution in [0.15, 0.2) is 42.7 Å². The maximum Gasteiger partial charge on any atom is 0.0992 e.